The average molecular weight is 284 g/mol. The van der Waals surface area contributed by atoms with Crippen molar-refractivity contribution in [2.75, 3.05) is 0 Å². The highest BCUT2D eigenvalue weighted by Gasteiger charge is 2.19. The molecule has 2 aromatic carbocycles. The molecule has 20 heavy (non-hydrogen) atoms. The lowest BCUT2D eigenvalue weighted by Gasteiger charge is -2.21. The van der Waals surface area contributed by atoms with Crippen LogP contribution in [0.2, 0.25) is 0 Å². The Balaban J connectivity index is 2.04. The van der Waals surface area contributed by atoms with Crippen LogP contribution >= 0.6 is 11.8 Å². The summed E-state index contributed by atoms with van der Waals surface area (Å²) in [5.74, 6) is 0.00270. The van der Waals surface area contributed by atoms with Crippen molar-refractivity contribution in [3.63, 3.8) is 0 Å². The molecular formula is C18H20OS. The maximum absolute atomic E-state index is 10.5. The molecule has 2 aromatic rings. The summed E-state index contributed by atoms with van der Waals surface area (Å²) in [5, 5.41) is 10.5. The summed E-state index contributed by atoms with van der Waals surface area (Å²) in [6.07, 6.45) is -0.515. The van der Waals surface area contributed by atoms with Gasteiger partial charge in [-0.1, -0.05) is 73.3 Å². The normalized spacial score (nSPS) is 13.8. The van der Waals surface area contributed by atoms with Crippen LogP contribution in [0.5, 0.6) is 0 Å². The molecule has 2 atom stereocenters. The minimum absolute atomic E-state index is 0.00270. The number of aryl methyl sites for hydroxylation is 1. The summed E-state index contributed by atoms with van der Waals surface area (Å²) in [7, 11) is 0. The van der Waals surface area contributed by atoms with Crippen LogP contribution in [0.25, 0.3) is 0 Å². The molecule has 0 fully saturated rings. The minimum atomic E-state index is -0.515. The van der Waals surface area contributed by atoms with E-state index in [-0.39, 0.29) is 5.92 Å². The number of rotatable bonds is 5. The molecule has 1 N–H and O–H groups in total. The number of thioether (sulfide) groups is 1. The molecule has 0 amide bonds. The molecule has 0 saturated heterocycles. The first kappa shape index (κ1) is 14.9. The summed E-state index contributed by atoms with van der Waals surface area (Å²) in [5.41, 5.74) is 2.14. The van der Waals surface area contributed by atoms with Gasteiger partial charge in [0.15, 0.2) is 0 Å². The van der Waals surface area contributed by atoms with Gasteiger partial charge < -0.3 is 5.11 Å². The van der Waals surface area contributed by atoms with Crippen LogP contribution in [-0.2, 0) is 0 Å². The third kappa shape index (κ3) is 3.75. The van der Waals surface area contributed by atoms with Crippen LogP contribution in [0.15, 0.2) is 71.0 Å². The number of aliphatic hydroxyl groups excluding tert-OH is 1. The Morgan fingerprint density at radius 3 is 2.25 bits per heavy atom. The molecule has 0 radical (unpaired) electrons. The van der Waals surface area contributed by atoms with Crippen molar-refractivity contribution in [1.82, 2.24) is 0 Å². The largest absolute Gasteiger partial charge is 0.388 e. The Morgan fingerprint density at radius 2 is 1.65 bits per heavy atom. The van der Waals surface area contributed by atoms with Gasteiger partial charge in [-0.3, -0.25) is 0 Å². The monoisotopic (exact) mass is 284 g/mol. The summed E-state index contributed by atoms with van der Waals surface area (Å²) < 4.78 is 0. The van der Waals surface area contributed by atoms with E-state index in [9.17, 15) is 5.11 Å². The van der Waals surface area contributed by atoms with E-state index in [0.717, 1.165) is 15.4 Å². The molecule has 0 spiro atoms. The SMILES string of the molecule is C=C(Sc1ccccc1)[C@@H](C)[C@H](O)c1ccc(C)cc1. The maximum atomic E-state index is 10.5. The van der Waals surface area contributed by atoms with Gasteiger partial charge in [-0.05, 0) is 29.5 Å². The molecule has 0 aliphatic rings. The van der Waals surface area contributed by atoms with Gasteiger partial charge in [0.05, 0.1) is 6.10 Å². The van der Waals surface area contributed by atoms with E-state index in [4.69, 9.17) is 0 Å². The van der Waals surface area contributed by atoms with Crippen LogP contribution < -0.4 is 0 Å². The zero-order valence-corrected chi connectivity index (χ0v) is 12.7. The van der Waals surface area contributed by atoms with Crippen molar-refractivity contribution in [3.8, 4) is 0 Å². The zero-order chi connectivity index (χ0) is 14.5. The van der Waals surface area contributed by atoms with Gasteiger partial charge in [-0.2, -0.15) is 0 Å². The number of aliphatic hydroxyl groups is 1. The van der Waals surface area contributed by atoms with Crippen LogP contribution in [0.4, 0.5) is 0 Å². The Kier molecular flexibility index (Phi) is 5.05. The molecule has 0 aliphatic carbocycles. The van der Waals surface area contributed by atoms with Gasteiger partial charge in [0.1, 0.15) is 0 Å². The van der Waals surface area contributed by atoms with E-state index >= 15 is 0 Å². The Labute approximate surface area is 125 Å². The van der Waals surface area contributed by atoms with E-state index in [0.29, 0.717) is 0 Å². The van der Waals surface area contributed by atoms with Crippen molar-refractivity contribution in [2.45, 2.75) is 24.8 Å². The second kappa shape index (κ2) is 6.78. The van der Waals surface area contributed by atoms with Crippen molar-refractivity contribution in [2.24, 2.45) is 5.92 Å². The first-order valence-electron chi connectivity index (χ1n) is 6.74. The first-order valence-corrected chi connectivity index (χ1v) is 7.56. The second-order valence-corrected chi connectivity index (χ2v) is 6.23. The van der Waals surface area contributed by atoms with Gasteiger partial charge >= 0.3 is 0 Å². The lowest BCUT2D eigenvalue weighted by molar-refractivity contribution is 0.138. The van der Waals surface area contributed by atoms with Gasteiger partial charge in [0.2, 0.25) is 0 Å². The van der Waals surface area contributed by atoms with E-state index in [2.05, 4.69) is 18.7 Å². The van der Waals surface area contributed by atoms with Gasteiger partial charge in [0.25, 0.3) is 0 Å². The van der Waals surface area contributed by atoms with E-state index in [1.807, 2.05) is 56.3 Å². The summed E-state index contributed by atoms with van der Waals surface area (Å²) >= 11 is 1.62. The topological polar surface area (TPSA) is 20.2 Å². The van der Waals surface area contributed by atoms with Crippen LogP contribution in [0.1, 0.15) is 24.2 Å². The van der Waals surface area contributed by atoms with Crippen LogP contribution in [0, 0.1) is 12.8 Å². The number of hydrogen-bond donors (Lipinski definition) is 1. The fraction of sp³-hybridized carbons (Fsp3) is 0.222. The molecule has 0 heterocycles. The zero-order valence-electron chi connectivity index (χ0n) is 11.9. The third-order valence-electron chi connectivity index (χ3n) is 3.39. The van der Waals surface area contributed by atoms with Crippen molar-refractivity contribution >= 4 is 11.8 Å². The van der Waals surface area contributed by atoms with Crippen molar-refractivity contribution < 1.29 is 5.11 Å². The Morgan fingerprint density at radius 1 is 1.05 bits per heavy atom. The number of benzene rings is 2. The molecule has 2 rings (SSSR count). The summed E-state index contributed by atoms with van der Waals surface area (Å²) in [6, 6.07) is 18.1. The standard InChI is InChI=1S/C18H20OS/c1-13-9-11-16(12-10-13)18(19)14(2)15(3)20-17-7-5-4-6-8-17/h4-12,14,18-19H,3H2,1-2H3/t14-,18+/m1/s1. The lowest BCUT2D eigenvalue weighted by Crippen LogP contribution is -2.09. The van der Waals surface area contributed by atoms with Crippen LogP contribution in [-0.4, -0.2) is 5.11 Å². The molecule has 2 heteroatoms. The molecule has 0 aliphatic heterocycles. The van der Waals surface area contributed by atoms with Gasteiger partial charge in [-0.25, -0.2) is 0 Å². The molecular weight excluding hydrogens is 264 g/mol. The molecule has 0 bridgehead atoms. The van der Waals surface area contributed by atoms with Gasteiger partial charge in [0, 0.05) is 10.8 Å². The van der Waals surface area contributed by atoms with E-state index < -0.39 is 6.10 Å². The van der Waals surface area contributed by atoms with E-state index in [1.54, 1.807) is 11.8 Å². The first-order chi connectivity index (χ1) is 9.58. The number of hydrogen-bond acceptors (Lipinski definition) is 2. The van der Waals surface area contributed by atoms with Crippen molar-refractivity contribution in [1.29, 1.82) is 0 Å². The summed E-state index contributed by atoms with van der Waals surface area (Å²) in [6.45, 7) is 8.18. The smallest absolute Gasteiger partial charge is 0.0860 e. The minimum Gasteiger partial charge on any atom is -0.388 e. The molecule has 104 valence electrons. The van der Waals surface area contributed by atoms with E-state index in [1.165, 1.54) is 5.56 Å². The predicted molar refractivity (Wildman–Crippen MR) is 86.7 cm³/mol. The molecule has 1 nitrogen and oxygen atoms in total. The lowest BCUT2D eigenvalue weighted by atomic mass is 9.97. The molecule has 0 aromatic heterocycles. The predicted octanol–water partition coefficient (Wildman–Crippen LogP) is 4.97. The maximum Gasteiger partial charge on any atom is 0.0860 e. The highest BCUT2D eigenvalue weighted by atomic mass is 32.2. The molecule has 0 saturated carbocycles. The van der Waals surface area contributed by atoms with Crippen molar-refractivity contribution in [3.05, 3.63) is 77.2 Å². The molecule has 0 unspecified atom stereocenters. The fourth-order valence-electron chi connectivity index (χ4n) is 1.96. The quantitative estimate of drug-likeness (QED) is 0.782. The van der Waals surface area contributed by atoms with Crippen LogP contribution in [0.3, 0.4) is 0 Å². The highest BCUT2D eigenvalue weighted by Crippen LogP contribution is 2.36. The summed E-state index contributed by atoms with van der Waals surface area (Å²) in [4.78, 5) is 2.13. The average Bonchev–Trinajstić information content (AvgIpc) is 2.47. The third-order valence-corrected chi connectivity index (χ3v) is 4.53. The second-order valence-electron chi connectivity index (χ2n) is 5.03. The Bertz CT molecular complexity index is 560. The highest BCUT2D eigenvalue weighted by molar-refractivity contribution is 8.03. The fourth-order valence-corrected chi connectivity index (χ4v) is 2.87. The Hall–Kier alpha value is -1.51. The van der Waals surface area contributed by atoms with Gasteiger partial charge in [-0.15, -0.1) is 0 Å².